The molecule has 2 aromatic rings. The quantitative estimate of drug-likeness (QED) is 0.827. The average Bonchev–Trinajstić information content (AvgIpc) is 2.69. The summed E-state index contributed by atoms with van der Waals surface area (Å²) in [5, 5.41) is 0. The van der Waals surface area contributed by atoms with Crippen LogP contribution >= 0.6 is 0 Å². The maximum Gasteiger partial charge on any atom is 0.107 e. The number of hydrogen-bond donors (Lipinski definition) is 2. The lowest BCUT2D eigenvalue weighted by Crippen LogP contribution is -1.99. The molecule has 3 heteroatoms. The van der Waals surface area contributed by atoms with E-state index in [4.69, 9.17) is 5.73 Å². The Bertz CT molecular complexity index is 473. The van der Waals surface area contributed by atoms with Crippen LogP contribution in [0.15, 0.2) is 18.2 Å². The topological polar surface area (TPSA) is 54.7 Å². The van der Waals surface area contributed by atoms with Gasteiger partial charge in [0.25, 0.3) is 0 Å². The molecule has 2 rings (SSSR count). The van der Waals surface area contributed by atoms with Crippen molar-refractivity contribution in [2.45, 2.75) is 33.2 Å². The lowest BCUT2D eigenvalue weighted by molar-refractivity contribution is 0.547. The molecule has 3 nitrogen and oxygen atoms in total. The highest BCUT2D eigenvalue weighted by Gasteiger charge is 2.06. The van der Waals surface area contributed by atoms with Crippen LogP contribution in [-0.4, -0.2) is 9.97 Å². The number of nitrogens with zero attached hydrogens (tertiary/aromatic N) is 1. The van der Waals surface area contributed by atoms with Crippen LogP contribution in [0.25, 0.3) is 11.0 Å². The van der Waals surface area contributed by atoms with Gasteiger partial charge in [-0.05, 0) is 23.6 Å². The van der Waals surface area contributed by atoms with Gasteiger partial charge in [0, 0.05) is 13.0 Å². The van der Waals surface area contributed by atoms with Crippen LogP contribution < -0.4 is 5.73 Å². The van der Waals surface area contributed by atoms with Gasteiger partial charge in [0.15, 0.2) is 0 Å². The van der Waals surface area contributed by atoms with Crippen molar-refractivity contribution in [2.24, 2.45) is 11.7 Å². The number of rotatable bonds is 4. The smallest absolute Gasteiger partial charge is 0.107 e. The molecule has 0 saturated carbocycles. The van der Waals surface area contributed by atoms with Gasteiger partial charge in [-0.2, -0.15) is 0 Å². The van der Waals surface area contributed by atoms with Gasteiger partial charge in [0.1, 0.15) is 5.82 Å². The third-order valence-corrected chi connectivity index (χ3v) is 3.07. The first-order chi connectivity index (χ1) is 7.72. The van der Waals surface area contributed by atoms with E-state index in [9.17, 15) is 0 Å². The Morgan fingerprint density at radius 2 is 2.25 bits per heavy atom. The first-order valence-electron chi connectivity index (χ1n) is 5.90. The monoisotopic (exact) mass is 217 g/mol. The summed E-state index contributed by atoms with van der Waals surface area (Å²) in [5.41, 5.74) is 8.90. The molecule has 16 heavy (non-hydrogen) atoms. The van der Waals surface area contributed by atoms with Crippen molar-refractivity contribution < 1.29 is 0 Å². The Labute approximate surface area is 96.1 Å². The van der Waals surface area contributed by atoms with Crippen LogP contribution in [0, 0.1) is 5.92 Å². The van der Waals surface area contributed by atoms with Crippen LogP contribution in [0.5, 0.6) is 0 Å². The SMILES string of the molecule is CCC(C)Cc1nc2ccc(CN)cc2[nH]1. The number of aromatic nitrogens is 2. The van der Waals surface area contributed by atoms with E-state index in [1.807, 2.05) is 12.1 Å². The van der Waals surface area contributed by atoms with E-state index in [1.54, 1.807) is 0 Å². The van der Waals surface area contributed by atoms with Gasteiger partial charge >= 0.3 is 0 Å². The van der Waals surface area contributed by atoms with Gasteiger partial charge in [0.2, 0.25) is 0 Å². The van der Waals surface area contributed by atoms with Crippen molar-refractivity contribution >= 4 is 11.0 Å². The number of fused-ring (bicyclic) bond motifs is 1. The second-order valence-corrected chi connectivity index (χ2v) is 4.46. The van der Waals surface area contributed by atoms with E-state index in [0.717, 1.165) is 28.8 Å². The summed E-state index contributed by atoms with van der Waals surface area (Å²) in [6, 6.07) is 6.16. The highest BCUT2D eigenvalue weighted by molar-refractivity contribution is 5.75. The summed E-state index contributed by atoms with van der Waals surface area (Å²) in [5.74, 6) is 1.76. The summed E-state index contributed by atoms with van der Waals surface area (Å²) in [6.45, 7) is 5.04. The van der Waals surface area contributed by atoms with Gasteiger partial charge in [-0.3, -0.25) is 0 Å². The molecule has 0 saturated heterocycles. The van der Waals surface area contributed by atoms with Crippen molar-refractivity contribution in [3.05, 3.63) is 29.6 Å². The zero-order chi connectivity index (χ0) is 11.5. The Hall–Kier alpha value is -1.35. The molecule has 0 aliphatic heterocycles. The molecule has 1 unspecified atom stereocenters. The lowest BCUT2D eigenvalue weighted by atomic mass is 10.1. The van der Waals surface area contributed by atoms with Gasteiger partial charge in [-0.15, -0.1) is 0 Å². The minimum Gasteiger partial charge on any atom is -0.342 e. The number of imidazole rings is 1. The fourth-order valence-corrected chi connectivity index (χ4v) is 1.81. The Morgan fingerprint density at radius 1 is 1.44 bits per heavy atom. The first-order valence-corrected chi connectivity index (χ1v) is 5.90. The third-order valence-electron chi connectivity index (χ3n) is 3.07. The number of H-pyrrole nitrogens is 1. The van der Waals surface area contributed by atoms with E-state index < -0.39 is 0 Å². The fourth-order valence-electron chi connectivity index (χ4n) is 1.81. The number of nitrogens with two attached hydrogens (primary N) is 1. The van der Waals surface area contributed by atoms with Gasteiger partial charge in [0.05, 0.1) is 11.0 Å². The van der Waals surface area contributed by atoms with Crippen LogP contribution in [0.1, 0.15) is 31.7 Å². The van der Waals surface area contributed by atoms with Crippen LogP contribution in [-0.2, 0) is 13.0 Å². The number of aromatic amines is 1. The van der Waals surface area contributed by atoms with E-state index >= 15 is 0 Å². The molecule has 0 radical (unpaired) electrons. The molecule has 1 aromatic heterocycles. The maximum atomic E-state index is 5.62. The summed E-state index contributed by atoms with van der Waals surface area (Å²) in [6.07, 6.45) is 2.20. The second-order valence-electron chi connectivity index (χ2n) is 4.46. The van der Waals surface area contributed by atoms with Crippen LogP contribution in [0.3, 0.4) is 0 Å². The fraction of sp³-hybridized carbons (Fsp3) is 0.462. The molecule has 0 spiro atoms. The highest BCUT2D eigenvalue weighted by Crippen LogP contribution is 2.16. The molecule has 1 atom stereocenters. The number of benzene rings is 1. The molecule has 86 valence electrons. The molecular weight excluding hydrogens is 198 g/mol. The molecule has 0 aliphatic carbocycles. The predicted octanol–water partition coefficient (Wildman–Crippen LogP) is 2.61. The second kappa shape index (κ2) is 4.66. The normalized spacial score (nSPS) is 13.2. The summed E-state index contributed by atoms with van der Waals surface area (Å²) in [7, 11) is 0. The Morgan fingerprint density at radius 3 is 2.94 bits per heavy atom. The largest absolute Gasteiger partial charge is 0.342 e. The zero-order valence-corrected chi connectivity index (χ0v) is 9.96. The molecule has 0 bridgehead atoms. The molecule has 1 aromatic carbocycles. The van der Waals surface area contributed by atoms with E-state index in [2.05, 4.69) is 29.9 Å². The van der Waals surface area contributed by atoms with Crippen molar-refractivity contribution in [1.82, 2.24) is 9.97 Å². The van der Waals surface area contributed by atoms with Crippen molar-refractivity contribution in [3.63, 3.8) is 0 Å². The van der Waals surface area contributed by atoms with E-state index in [0.29, 0.717) is 12.5 Å². The molecule has 0 fully saturated rings. The minimum absolute atomic E-state index is 0.579. The minimum atomic E-state index is 0.579. The Kier molecular flexibility index (Phi) is 3.25. The van der Waals surface area contributed by atoms with Gasteiger partial charge in [-0.25, -0.2) is 4.98 Å². The average molecular weight is 217 g/mol. The van der Waals surface area contributed by atoms with Crippen molar-refractivity contribution in [1.29, 1.82) is 0 Å². The predicted molar refractivity (Wildman–Crippen MR) is 67.1 cm³/mol. The first kappa shape index (κ1) is 11.1. The van der Waals surface area contributed by atoms with E-state index in [1.165, 1.54) is 6.42 Å². The van der Waals surface area contributed by atoms with Gasteiger partial charge in [-0.1, -0.05) is 26.3 Å². The van der Waals surface area contributed by atoms with Crippen molar-refractivity contribution in [3.8, 4) is 0 Å². The maximum absolute atomic E-state index is 5.62. The molecule has 0 aliphatic rings. The third kappa shape index (κ3) is 2.25. The molecule has 3 N–H and O–H groups in total. The summed E-state index contributed by atoms with van der Waals surface area (Å²) in [4.78, 5) is 7.95. The van der Waals surface area contributed by atoms with Crippen LogP contribution in [0.4, 0.5) is 0 Å². The Balaban J connectivity index is 2.29. The van der Waals surface area contributed by atoms with Gasteiger partial charge < -0.3 is 10.7 Å². The summed E-state index contributed by atoms with van der Waals surface area (Å²) < 4.78 is 0. The molecule has 1 heterocycles. The zero-order valence-electron chi connectivity index (χ0n) is 9.96. The number of nitrogens with one attached hydrogen (secondary N) is 1. The number of hydrogen-bond acceptors (Lipinski definition) is 2. The molecular formula is C13H19N3. The van der Waals surface area contributed by atoms with Crippen LogP contribution in [0.2, 0.25) is 0 Å². The van der Waals surface area contributed by atoms with Crippen molar-refractivity contribution in [2.75, 3.05) is 0 Å². The van der Waals surface area contributed by atoms with E-state index in [-0.39, 0.29) is 0 Å². The molecule has 0 amide bonds. The summed E-state index contributed by atoms with van der Waals surface area (Å²) >= 11 is 0. The lowest BCUT2D eigenvalue weighted by Gasteiger charge is -2.03. The highest BCUT2D eigenvalue weighted by atomic mass is 14.9. The standard InChI is InChI=1S/C13H19N3/c1-3-9(2)6-13-15-11-5-4-10(8-14)7-12(11)16-13/h4-5,7,9H,3,6,8,14H2,1-2H3,(H,15,16).